The quantitative estimate of drug-likeness (QED) is 0.603. The summed E-state index contributed by atoms with van der Waals surface area (Å²) in [5, 5.41) is 4.06. The second kappa shape index (κ2) is 11.8. The van der Waals surface area contributed by atoms with Crippen LogP contribution in [0.2, 0.25) is 5.02 Å². The minimum Gasteiger partial charge on any atom is -0.343 e. The number of hydrogen-bond acceptors (Lipinski definition) is 4. The first kappa shape index (κ1) is 23.2. The maximum atomic E-state index is 13.3. The molecule has 0 saturated carbocycles. The fourth-order valence-electron chi connectivity index (χ4n) is 3.92. The molecule has 0 radical (unpaired) electrons. The SMILES string of the molecule is CC(=O)N1CCC(C(=O)N(CCCNCCc2ccccn2)c2cccc(Cl)c2)CC1. The molecule has 1 fully saturated rings. The lowest BCUT2D eigenvalue weighted by molar-refractivity contribution is -0.133. The van der Waals surface area contributed by atoms with Gasteiger partial charge in [-0.3, -0.25) is 14.6 Å². The number of halogens is 1. The Labute approximate surface area is 189 Å². The Morgan fingerprint density at radius 3 is 2.65 bits per heavy atom. The zero-order valence-electron chi connectivity index (χ0n) is 18.1. The van der Waals surface area contributed by atoms with Crippen LogP contribution in [-0.2, 0) is 16.0 Å². The molecule has 3 rings (SSSR count). The van der Waals surface area contributed by atoms with Crippen molar-refractivity contribution in [1.29, 1.82) is 0 Å². The van der Waals surface area contributed by atoms with Gasteiger partial charge in [0.05, 0.1) is 0 Å². The van der Waals surface area contributed by atoms with Crippen molar-refractivity contribution in [2.24, 2.45) is 5.92 Å². The lowest BCUT2D eigenvalue weighted by Crippen LogP contribution is -2.44. The van der Waals surface area contributed by atoms with Gasteiger partial charge in [-0.25, -0.2) is 0 Å². The molecular weight excluding hydrogens is 412 g/mol. The summed E-state index contributed by atoms with van der Waals surface area (Å²) in [4.78, 5) is 32.9. The molecule has 166 valence electrons. The third kappa shape index (κ3) is 7.04. The van der Waals surface area contributed by atoms with Crippen molar-refractivity contribution >= 4 is 29.1 Å². The molecule has 0 spiro atoms. The molecule has 0 unspecified atom stereocenters. The third-order valence-corrected chi connectivity index (χ3v) is 5.93. The Hall–Kier alpha value is -2.44. The van der Waals surface area contributed by atoms with E-state index < -0.39 is 0 Å². The Balaban J connectivity index is 1.53. The smallest absolute Gasteiger partial charge is 0.230 e. The number of nitrogens with zero attached hydrogens (tertiary/aromatic N) is 3. The number of carbonyl (C=O) groups is 2. The molecule has 0 bridgehead atoms. The molecule has 1 aromatic carbocycles. The van der Waals surface area contributed by atoms with E-state index in [0.717, 1.165) is 37.3 Å². The number of benzene rings is 1. The van der Waals surface area contributed by atoms with E-state index in [0.29, 0.717) is 37.5 Å². The minimum atomic E-state index is -0.0632. The zero-order valence-corrected chi connectivity index (χ0v) is 18.9. The predicted molar refractivity (Wildman–Crippen MR) is 124 cm³/mol. The Kier molecular flexibility index (Phi) is 8.85. The highest BCUT2D eigenvalue weighted by Gasteiger charge is 2.30. The first-order valence-electron chi connectivity index (χ1n) is 11.0. The zero-order chi connectivity index (χ0) is 22.1. The van der Waals surface area contributed by atoms with Crippen molar-refractivity contribution in [3.8, 4) is 0 Å². The van der Waals surface area contributed by atoms with Gasteiger partial charge in [0.1, 0.15) is 0 Å². The molecular formula is C24H31ClN4O2. The van der Waals surface area contributed by atoms with Gasteiger partial charge in [0.15, 0.2) is 0 Å². The van der Waals surface area contributed by atoms with Crippen molar-refractivity contribution in [2.45, 2.75) is 32.6 Å². The summed E-state index contributed by atoms with van der Waals surface area (Å²) in [6, 6.07) is 13.4. The standard InChI is InChI=1S/C24H31ClN4O2/c1-19(30)28-16-10-20(11-17-28)24(31)29(23-8-4-6-21(25)18-23)15-5-12-26-14-9-22-7-2-3-13-27-22/h2-4,6-8,13,18,20,26H,5,9-12,14-17H2,1H3. The molecule has 2 heterocycles. The van der Waals surface area contributed by atoms with Gasteiger partial charge < -0.3 is 15.1 Å². The van der Waals surface area contributed by atoms with Gasteiger partial charge in [-0.1, -0.05) is 23.7 Å². The van der Waals surface area contributed by atoms with E-state index in [1.54, 1.807) is 6.92 Å². The highest BCUT2D eigenvalue weighted by Crippen LogP contribution is 2.25. The van der Waals surface area contributed by atoms with Crippen LogP contribution in [0.15, 0.2) is 48.7 Å². The summed E-state index contributed by atoms with van der Waals surface area (Å²) >= 11 is 6.19. The fraction of sp³-hybridized carbons (Fsp3) is 0.458. The molecule has 6 nitrogen and oxygen atoms in total. The number of piperidine rings is 1. The Morgan fingerprint density at radius 1 is 1.16 bits per heavy atom. The molecule has 31 heavy (non-hydrogen) atoms. The van der Waals surface area contributed by atoms with Crippen molar-refractivity contribution in [3.63, 3.8) is 0 Å². The predicted octanol–water partition coefficient (Wildman–Crippen LogP) is 3.55. The van der Waals surface area contributed by atoms with Crippen LogP contribution in [0.1, 0.15) is 31.9 Å². The molecule has 2 amide bonds. The first-order chi connectivity index (χ1) is 15.0. The highest BCUT2D eigenvalue weighted by molar-refractivity contribution is 6.30. The van der Waals surface area contributed by atoms with Crippen molar-refractivity contribution in [3.05, 3.63) is 59.4 Å². The molecule has 0 aliphatic carbocycles. The summed E-state index contributed by atoms with van der Waals surface area (Å²) in [6.07, 6.45) is 4.94. The molecule has 0 atom stereocenters. The van der Waals surface area contributed by atoms with Crippen LogP contribution in [-0.4, -0.2) is 54.4 Å². The second-order valence-corrected chi connectivity index (χ2v) is 8.36. The molecule has 1 aromatic heterocycles. The highest BCUT2D eigenvalue weighted by atomic mass is 35.5. The first-order valence-corrected chi connectivity index (χ1v) is 11.4. The monoisotopic (exact) mass is 442 g/mol. The lowest BCUT2D eigenvalue weighted by Gasteiger charge is -2.34. The van der Waals surface area contributed by atoms with Gasteiger partial charge in [-0.05, 0) is 56.1 Å². The lowest BCUT2D eigenvalue weighted by atomic mass is 9.95. The van der Waals surface area contributed by atoms with Crippen molar-refractivity contribution < 1.29 is 9.59 Å². The number of pyridine rings is 1. The van der Waals surface area contributed by atoms with Gasteiger partial charge in [0.25, 0.3) is 0 Å². The topological polar surface area (TPSA) is 65.5 Å². The molecule has 1 aliphatic rings. The van der Waals surface area contributed by atoms with E-state index in [2.05, 4.69) is 10.3 Å². The fourth-order valence-corrected chi connectivity index (χ4v) is 4.11. The number of carbonyl (C=O) groups excluding carboxylic acids is 2. The summed E-state index contributed by atoms with van der Waals surface area (Å²) in [5.41, 5.74) is 1.91. The minimum absolute atomic E-state index is 0.0632. The number of anilines is 1. The number of likely N-dealkylation sites (tertiary alicyclic amines) is 1. The van der Waals surface area contributed by atoms with E-state index in [-0.39, 0.29) is 17.7 Å². The van der Waals surface area contributed by atoms with Gasteiger partial charge in [0.2, 0.25) is 11.8 Å². The van der Waals surface area contributed by atoms with Crippen LogP contribution in [0.4, 0.5) is 5.69 Å². The second-order valence-electron chi connectivity index (χ2n) is 7.92. The average molecular weight is 443 g/mol. The van der Waals surface area contributed by atoms with Gasteiger partial charge >= 0.3 is 0 Å². The van der Waals surface area contributed by atoms with E-state index in [4.69, 9.17) is 11.6 Å². The molecule has 1 saturated heterocycles. The van der Waals surface area contributed by atoms with E-state index in [1.807, 2.05) is 58.5 Å². The molecule has 7 heteroatoms. The Bertz CT molecular complexity index is 854. The van der Waals surface area contributed by atoms with E-state index >= 15 is 0 Å². The summed E-state index contributed by atoms with van der Waals surface area (Å²) < 4.78 is 0. The van der Waals surface area contributed by atoms with Crippen LogP contribution >= 0.6 is 11.6 Å². The van der Waals surface area contributed by atoms with Gasteiger partial charge in [0, 0.05) is 68.0 Å². The van der Waals surface area contributed by atoms with Crippen molar-refractivity contribution in [2.75, 3.05) is 37.6 Å². The van der Waals surface area contributed by atoms with Crippen LogP contribution in [0, 0.1) is 5.92 Å². The average Bonchev–Trinajstić information content (AvgIpc) is 2.79. The summed E-state index contributed by atoms with van der Waals surface area (Å²) in [5.74, 6) is 0.139. The number of nitrogens with one attached hydrogen (secondary N) is 1. The third-order valence-electron chi connectivity index (χ3n) is 5.69. The summed E-state index contributed by atoms with van der Waals surface area (Å²) in [7, 11) is 0. The van der Waals surface area contributed by atoms with E-state index in [1.165, 1.54) is 0 Å². The largest absolute Gasteiger partial charge is 0.343 e. The van der Waals surface area contributed by atoms with E-state index in [9.17, 15) is 9.59 Å². The molecule has 1 N–H and O–H groups in total. The maximum Gasteiger partial charge on any atom is 0.230 e. The molecule has 1 aliphatic heterocycles. The number of rotatable bonds is 9. The van der Waals surface area contributed by atoms with Crippen LogP contribution in [0.5, 0.6) is 0 Å². The normalized spacial score (nSPS) is 14.5. The van der Waals surface area contributed by atoms with Crippen molar-refractivity contribution in [1.82, 2.24) is 15.2 Å². The number of aromatic nitrogens is 1. The maximum absolute atomic E-state index is 13.3. The van der Waals surface area contributed by atoms with Crippen LogP contribution < -0.4 is 10.2 Å². The van der Waals surface area contributed by atoms with Gasteiger partial charge in [-0.2, -0.15) is 0 Å². The Morgan fingerprint density at radius 2 is 1.97 bits per heavy atom. The van der Waals surface area contributed by atoms with Crippen LogP contribution in [0.25, 0.3) is 0 Å². The van der Waals surface area contributed by atoms with Crippen LogP contribution in [0.3, 0.4) is 0 Å². The number of hydrogen-bond donors (Lipinski definition) is 1. The van der Waals surface area contributed by atoms with Gasteiger partial charge in [-0.15, -0.1) is 0 Å². The number of amides is 2. The summed E-state index contributed by atoms with van der Waals surface area (Å²) in [6.45, 7) is 5.17. The molecule has 2 aromatic rings.